The summed E-state index contributed by atoms with van der Waals surface area (Å²) in [5.41, 5.74) is 1.79. The first-order chi connectivity index (χ1) is 8.91. The van der Waals surface area contributed by atoms with Gasteiger partial charge in [0.25, 0.3) is 0 Å². The minimum atomic E-state index is -0.0647. The second-order valence-corrected chi connectivity index (χ2v) is 5.85. The van der Waals surface area contributed by atoms with E-state index in [1.807, 2.05) is 18.2 Å². The molecule has 0 bridgehead atoms. The lowest BCUT2D eigenvalue weighted by Crippen LogP contribution is -2.17. The maximum Gasteiger partial charge on any atom is 0.189 e. The summed E-state index contributed by atoms with van der Waals surface area (Å²) in [6.45, 7) is 8.99. The largest absolute Gasteiger partial charge is 0.494 e. The first-order valence-corrected chi connectivity index (χ1v) is 6.72. The lowest BCUT2D eigenvalue weighted by atomic mass is 9.91. The Bertz CT molecular complexity index is 635. The molecule has 0 fully saturated rings. The van der Waals surface area contributed by atoms with Crippen LogP contribution in [-0.4, -0.2) is 11.6 Å². The van der Waals surface area contributed by atoms with Crippen molar-refractivity contribution in [1.29, 1.82) is 0 Å². The minimum Gasteiger partial charge on any atom is -0.494 e. The first kappa shape index (κ1) is 13.7. The predicted molar refractivity (Wildman–Crippen MR) is 79.1 cm³/mol. The Morgan fingerprint density at radius 1 is 1.21 bits per heavy atom. The van der Waals surface area contributed by atoms with Crippen LogP contribution in [0.3, 0.4) is 0 Å². The van der Waals surface area contributed by atoms with Gasteiger partial charge in [-0.2, -0.15) is 0 Å². The van der Waals surface area contributed by atoms with Gasteiger partial charge in [-0.25, -0.2) is 0 Å². The van der Waals surface area contributed by atoms with Crippen molar-refractivity contribution in [2.75, 3.05) is 6.61 Å². The van der Waals surface area contributed by atoms with Gasteiger partial charge in [0.15, 0.2) is 5.43 Å². The quantitative estimate of drug-likeness (QED) is 0.914. The van der Waals surface area contributed by atoms with Crippen molar-refractivity contribution < 1.29 is 4.74 Å². The molecule has 0 saturated carbocycles. The molecule has 0 amide bonds. The summed E-state index contributed by atoms with van der Waals surface area (Å²) in [4.78, 5) is 15.5. The fraction of sp³-hybridized carbons (Fsp3) is 0.438. The average molecular weight is 259 g/mol. The van der Waals surface area contributed by atoms with E-state index in [0.717, 1.165) is 23.4 Å². The monoisotopic (exact) mass is 259 g/mol. The molecule has 0 aliphatic carbocycles. The van der Waals surface area contributed by atoms with Gasteiger partial charge in [-0.05, 0) is 24.6 Å². The number of ether oxygens (including phenoxy) is 1. The molecule has 1 N–H and O–H groups in total. The summed E-state index contributed by atoms with van der Waals surface area (Å²) < 4.78 is 5.56. The zero-order valence-electron chi connectivity index (χ0n) is 12.0. The number of hydrogen-bond donors (Lipinski definition) is 1. The third-order valence-corrected chi connectivity index (χ3v) is 3.08. The lowest BCUT2D eigenvalue weighted by molar-refractivity contribution is 0.318. The van der Waals surface area contributed by atoms with Gasteiger partial charge in [0.1, 0.15) is 5.75 Å². The van der Waals surface area contributed by atoms with Crippen LogP contribution < -0.4 is 10.2 Å². The summed E-state index contributed by atoms with van der Waals surface area (Å²) in [5.74, 6) is 0.753. The van der Waals surface area contributed by atoms with Crippen LogP contribution in [-0.2, 0) is 5.41 Å². The second kappa shape index (κ2) is 5.08. The predicted octanol–water partition coefficient (Wildman–Crippen LogP) is 3.61. The molecule has 1 aromatic heterocycles. The maximum atomic E-state index is 12.2. The molecule has 0 atom stereocenters. The van der Waals surface area contributed by atoms with Crippen molar-refractivity contribution in [3.63, 3.8) is 0 Å². The van der Waals surface area contributed by atoms with Crippen LogP contribution in [0.4, 0.5) is 0 Å². The van der Waals surface area contributed by atoms with E-state index in [9.17, 15) is 4.79 Å². The van der Waals surface area contributed by atoms with Crippen molar-refractivity contribution in [3.8, 4) is 5.75 Å². The van der Waals surface area contributed by atoms with Crippen LogP contribution in [0, 0.1) is 0 Å². The van der Waals surface area contributed by atoms with E-state index in [0.29, 0.717) is 12.0 Å². The van der Waals surface area contributed by atoms with Gasteiger partial charge in [-0.3, -0.25) is 4.79 Å². The van der Waals surface area contributed by atoms with Crippen molar-refractivity contribution >= 4 is 10.9 Å². The standard InChI is InChI=1S/C16H21NO2/c1-5-8-19-11-6-7-13-12(9-11)14(18)10-15(17-13)16(2,3)4/h6-7,9-10H,5,8H2,1-4H3,(H,17,18). The Kier molecular flexibility index (Phi) is 3.65. The third kappa shape index (κ3) is 2.98. The van der Waals surface area contributed by atoms with E-state index in [1.54, 1.807) is 6.07 Å². The molecule has 0 aliphatic rings. The number of pyridine rings is 1. The third-order valence-electron chi connectivity index (χ3n) is 3.08. The number of fused-ring (bicyclic) bond motifs is 1. The van der Waals surface area contributed by atoms with Crippen LogP contribution in [0.1, 0.15) is 39.8 Å². The van der Waals surface area contributed by atoms with E-state index in [2.05, 4.69) is 32.7 Å². The van der Waals surface area contributed by atoms with Gasteiger partial charge in [0.05, 0.1) is 6.61 Å². The fourth-order valence-corrected chi connectivity index (χ4v) is 1.94. The van der Waals surface area contributed by atoms with Gasteiger partial charge < -0.3 is 9.72 Å². The van der Waals surface area contributed by atoms with Gasteiger partial charge in [0.2, 0.25) is 0 Å². The number of aromatic nitrogens is 1. The van der Waals surface area contributed by atoms with Crippen LogP contribution in [0.2, 0.25) is 0 Å². The minimum absolute atomic E-state index is 0.0422. The highest BCUT2D eigenvalue weighted by Crippen LogP contribution is 2.23. The van der Waals surface area contributed by atoms with Crippen LogP contribution in [0.5, 0.6) is 5.75 Å². The Balaban J connectivity index is 2.51. The molecule has 0 unspecified atom stereocenters. The molecular formula is C16H21NO2. The molecule has 19 heavy (non-hydrogen) atoms. The number of H-pyrrole nitrogens is 1. The summed E-state index contributed by atoms with van der Waals surface area (Å²) >= 11 is 0. The zero-order valence-corrected chi connectivity index (χ0v) is 12.0. The molecule has 1 aromatic carbocycles. The molecule has 3 nitrogen and oxygen atoms in total. The molecule has 1 heterocycles. The number of rotatable bonds is 3. The maximum absolute atomic E-state index is 12.2. The number of benzene rings is 1. The van der Waals surface area contributed by atoms with Gasteiger partial charge >= 0.3 is 0 Å². The van der Waals surface area contributed by atoms with Crippen molar-refractivity contribution in [2.24, 2.45) is 0 Å². The Morgan fingerprint density at radius 3 is 2.58 bits per heavy atom. The highest BCUT2D eigenvalue weighted by molar-refractivity contribution is 5.80. The van der Waals surface area contributed by atoms with Gasteiger partial charge in [0, 0.05) is 28.1 Å². The van der Waals surface area contributed by atoms with E-state index in [1.165, 1.54) is 0 Å². The number of aromatic amines is 1. The highest BCUT2D eigenvalue weighted by Gasteiger charge is 2.16. The van der Waals surface area contributed by atoms with E-state index in [-0.39, 0.29) is 10.8 Å². The van der Waals surface area contributed by atoms with E-state index >= 15 is 0 Å². The molecule has 3 heteroatoms. The fourth-order valence-electron chi connectivity index (χ4n) is 1.94. The molecule has 0 aliphatic heterocycles. The lowest BCUT2D eigenvalue weighted by Gasteiger charge is -2.19. The van der Waals surface area contributed by atoms with Gasteiger partial charge in [-0.15, -0.1) is 0 Å². The SMILES string of the molecule is CCCOc1ccc2[nH]c(C(C)(C)C)cc(=O)c2c1. The Labute approximate surface area is 113 Å². The van der Waals surface area contributed by atoms with Crippen LogP contribution >= 0.6 is 0 Å². The Morgan fingerprint density at radius 2 is 1.95 bits per heavy atom. The normalized spacial score (nSPS) is 11.8. The highest BCUT2D eigenvalue weighted by atomic mass is 16.5. The van der Waals surface area contributed by atoms with E-state index in [4.69, 9.17) is 4.74 Å². The van der Waals surface area contributed by atoms with E-state index < -0.39 is 0 Å². The molecule has 0 radical (unpaired) electrons. The summed E-state index contributed by atoms with van der Waals surface area (Å²) in [7, 11) is 0. The van der Waals surface area contributed by atoms with Crippen molar-refractivity contribution in [2.45, 2.75) is 39.5 Å². The molecule has 2 rings (SSSR count). The topological polar surface area (TPSA) is 42.1 Å². The molecular weight excluding hydrogens is 238 g/mol. The Hall–Kier alpha value is -1.77. The van der Waals surface area contributed by atoms with Crippen molar-refractivity contribution in [3.05, 3.63) is 40.2 Å². The smallest absolute Gasteiger partial charge is 0.189 e. The first-order valence-electron chi connectivity index (χ1n) is 6.72. The second-order valence-electron chi connectivity index (χ2n) is 5.85. The molecule has 0 spiro atoms. The number of hydrogen-bond acceptors (Lipinski definition) is 2. The molecule has 102 valence electrons. The summed E-state index contributed by atoms with van der Waals surface area (Å²) in [5, 5.41) is 0.682. The molecule has 2 aromatic rings. The van der Waals surface area contributed by atoms with Crippen LogP contribution in [0.25, 0.3) is 10.9 Å². The van der Waals surface area contributed by atoms with Gasteiger partial charge in [-0.1, -0.05) is 27.7 Å². The van der Waals surface area contributed by atoms with Crippen LogP contribution in [0.15, 0.2) is 29.1 Å². The summed E-state index contributed by atoms with van der Waals surface area (Å²) in [6.07, 6.45) is 0.956. The van der Waals surface area contributed by atoms with Crippen molar-refractivity contribution in [1.82, 2.24) is 4.98 Å². The average Bonchev–Trinajstić information content (AvgIpc) is 2.35. The zero-order chi connectivity index (χ0) is 14.0. The summed E-state index contributed by atoms with van der Waals surface area (Å²) in [6, 6.07) is 7.32. The number of nitrogens with one attached hydrogen (secondary N) is 1. The molecule has 0 saturated heterocycles.